The van der Waals surface area contributed by atoms with Gasteiger partial charge in [0, 0.05) is 29.4 Å². The first-order valence-corrected chi connectivity index (χ1v) is 9.94. The largest absolute Gasteiger partial charge is 0.497 e. The van der Waals surface area contributed by atoms with Crippen molar-refractivity contribution in [2.24, 2.45) is 0 Å². The van der Waals surface area contributed by atoms with E-state index in [0.717, 1.165) is 16.5 Å². The van der Waals surface area contributed by atoms with Crippen LogP contribution in [0.25, 0.3) is 22.2 Å². The van der Waals surface area contributed by atoms with Crippen LogP contribution in [0.2, 0.25) is 0 Å². The Balaban J connectivity index is 1.96. The molecule has 0 saturated carbocycles. The summed E-state index contributed by atoms with van der Waals surface area (Å²) in [4.78, 5) is 30.3. The molecule has 0 unspecified atom stereocenters. The molecule has 0 spiro atoms. The van der Waals surface area contributed by atoms with E-state index < -0.39 is 0 Å². The average molecular weight is 414 g/mol. The predicted molar refractivity (Wildman–Crippen MR) is 121 cm³/mol. The third-order valence-corrected chi connectivity index (χ3v) is 5.08. The number of aromatic nitrogens is 3. The minimum absolute atomic E-state index is 0.200. The number of nitrogens with zero attached hydrogens (tertiary/aromatic N) is 3. The van der Waals surface area contributed by atoms with Gasteiger partial charge in [0.15, 0.2) is 5.78 Å². The van der Waals surface area contributed by atoms with Gasteiger partial charge in [-0.3, -0.25) is 14.6 Å². The first kappa shape index (κ1) is 20.3. The summed E-state index contributed by atoms with van der Waals surface area (Å²) >= 11 is 0. The van der Waals surface area contributed by atoms with E-state index in [2.05, 4.69) is 15.4 Å². The maximum atomic E-state index is 13.2. The molecule has 0 aliphatic heterocycles. The molecular weight excluding hydrogens is 392 g/mol. The third-order valence-electron chi connectivity index (χ3n) is 5.08. The van der Waals surface area contributed by atoms with Gasteiger partial charge in [-0.1, -0.05) is 6.07 Å². The highest BCUT2D eigenvalue weighted by molar-refractivity contribution is 6.06. The molecule has 2 heterocycles. The fourth-order valence-electron chi connectivity index (χ4n) is 3.54. The first-order chi connectivity index (χ1) is 15.0. The number of anilines is 2. The van der Waals surface area contributed by atoms with E-state index >= 15 is 0 Å². The molecule has 4 aromatic rings. The van der Waals surface area contributed by atoms with Gasteiger partial charge in [-0.25, -0.2) is 4.68 Å². The van der Waals surface area contributed by atoms with Crippen LogP contribution < -0.4 is 15.6 Å². The molecule has 2 aromatic carbocycles. The van der Waals surface area contributed by atoms with E-state index in [1.165, 1.54) is 11.6 Å². The standard InChI is InChI=1S/C24H22N4O3/c1-4-28-24(30)23(26-20-9-5-8-19-18(20)7-6-14-25-19)21(15(2)29)22(27-28)16-10-12-17(31-3)13-11-16/h5-14,26H,4H2,1-3H3. The van der Waals surface area contributed by atoms with Crippen molar-refractivity contribution in [3.05, 3.63) is 76.7 Å². The van der Waals surface area contributed by atoms with Gasteiger partial charge in [0.05, 0.1) is 18.2 Å². The van der Waals surface area contributed by atoms with Crippen molar-refractivity contribution >= 4 is 28.1 Å². The summed E-state index contributed by atoms with van der Waals surface area (Å²) in [7, 11) is 1.59. The number of hydrogen-bond donors (Lipinski definition) is 1. The maximum Gasteiger partial charge on any atom is 0.291 e. The molecule has 7 nitrogen and oxygen atoms in total. The lowest BCUT2D eigenvalue weighted by molar-refractivity contribution is 0.101. The van der Waals surface area contributed by atoms with Gasteiger partial charge in [-0.15, -0.1) is 0 Å². The molecule has 0 radical (unpaired) electrons. The number of rotatable bonds is 6. The number of ether oxygens (including phenoxy) is 1. The molecule has 7 heteroatoms. The molecule has 31 heavy (non-hydrogen) atoms. The van der Waals surface area contributed by atoms with E-state index in [4.69, 9.17) is 4.74 Å². The number of ketones is 1. The Bertz CT molecular complexity index is 1320. The summed E-state index contributed by atoms with van der Waals surface area (Å²) < 4.78 is 6.59. The summed E-state index contributed by atoms with van der Waals surface area (Å²) in [6.45, 7) is 3.65. The number of hydrogen-bond acceptors (Lipinski definition) is 6. The van der Waals surface area contributed by atoms with Crippen LogP contribution in [0.15, 0.2) is 65.6 Å². The highest BCUT2D eigenvalue weighted by atomic mass is 16.5. The minimum Gasteiger partial charge on any atom is -0.497 e. The second-order valence-corrected chi connectivity index (χ2v) is 7.00. The Morgan fingerprint density at radius 1 is 1.10 bits per heavy atom. The SMILES string of the molecule is CCn1nc(-c2ccc(OC)cc2)c(C(C)=O)c(Nc2cccc3ncccc23)c1=O. The Labute approximate surface area is 179 Å². The zero-order chi connectivity index (χ0) is 22.0. The number of nitrogens with one attached hydrogen (secondary N) is 1. The van der Waals surface area contributed by atoms with E-state index in [1.807, 2.05) is 49.4 Å². The van der Waals surface area contributed by atoms with Crippen LogP contribution in [0.1, 0.15) is 24.2 Å². The highest BCUT2D eigenvalue weighted by Gasteiger charge is 2.22. The molecule has 0 bridgehead atoms. The molecule has 0 fully saturated rings. The topological polar surface area (TPSA) is 86.1 Å². The molecule has 2 aromatic heterocycles. The summed E-state index contributed by atoms with van der Waals surface area (Å²) in [6, 6.07) is 16.6. The first-order valence-electron chi connectivity index (χ1n) is 9.94. The number of aryl methyl sites for hydroxylation is 1. The van der Waals surface area contributed by atoms with Crippen molar-refractivity contribution in [1.29, 1.82) is 0 Å². The summed E-state index contributed by atoms with van der Waals surface area (Å²) in [5, 5.41) is 8.56. The number of fused-ring (bicyclic) bond motifs is 1. The van der Waals surface area contributed by atoms with Crippen molar-refractivity contribution in [3.63, 3.8) is 0 Å². The van der Waals surface area contributed by atoms with Gasteiger partial charge < -0.3 is 10.1 Å². The average Bonchev–Trinajstić information content (AvgIpc) is 2.80. The van der Waals surface area contributed by atoms with Crippen LogP contribution in [0.5, 0.6) is 5.75 Å². The highest BCUT2D eigenvalue weighted by Crippen LogP contribution is 2.31. The molecule has 0 aliphatic carbocycles. The van der Waals surface area contributed by atoms with Crippen molar-refractivity contribution in [1.82, 2.24) is 14.8 Å². The van der Waals surface area contributed by atoms with Crippen molar-refractivity contribution < 1.29 is 9.53 Å². The summed E-state index contributed by atoms with van der Waals surface area (Å²) in [5.41, 5.74) is 2.74. The number of pyridine rings is 1. The monoisotopic (exact) mass is 414 g/mol. The lowest BCUT2D eigenvalue weighted by Crippen LogP contribution is -2.28. The second-order valence-electron chi connectivity index (χ2n) is 7.00. The van der Waals surface area contributed by atoms with Crippen LogP contribution in [-0.2, 0) is 6.54 Å². The molecule has 4 rings (SSSR count). The van der Waals surface area contributed by atoms with Crippen molar-refractivity contribution in [2.45, 2.75) is 20.4 Å². The van der Waals surface area contributed by atoms with Crippen molar-refractivity contribution in [2.75, 3.05) is 12.4 Å². The molecule has 0 atom stereocenters. The zero-order valence-electron chi connectivity index (χ0n) is 17.5. The maximum absolute atomic E-state index is 13.2. The Kier molecular flexibility index (Phi) is 5.49. The number of methoxy groups -OCH3 is 1. The van der Waals surface area contributed by atoms with E-state index in [9.17, 15) is 9.59 Å². The van der Waals surface area contributed by atoms with Crippen LogP contribution in [0, 0.1) is 0 Å². The number of Topliss-reactive ketones (excluding diaryl/α,β-unsaturated/α-hetero) is 1. The molecule has 156 valence electrons. The third kappa shape index (κ3) is 3.77. The van der Waals surface area contributed by atoms with E-state index in [-0.39, 0.29) is 22.6 Å². The van der Waals surface area contributed by atoms with Crippen LogP contribution >= 0.6 is 0 Å². The summed E-state index contributed by atoms with van der Waals surface area (Å²) in [6.07, 6.45) is 1.71. The van der Waals surface area contributed by atoms with Crippen LogP contribution in [0.4, 0.5) is 11.4 Å². The van der Waals surface area contributed by atoms with E-state index in [1.54, 1.807) is 25.4 Å². The Hall–Kier alpha value is -4.00. The van der Waals surface area contributed by atoms with Gasteiger partial charge in [-0.05, 0) is 62.4 Å². The zero-order valence-corrected chi connectivity index (χ0v) is 17.5. The fraction of sp³-hybridized carbons (Fsp3) is 0.167. The molecule has 0 amide bonds. The number of benzene rings is 2. The van der Waals surface area contributed by atoms with Gasteiger partial charge in [-0.2, -0.15) is 5.10 Å². The van der Waals surface area contributed by atoms with Gasteiger partial charge in [0.25, 0.3) is 5.56 Å². The van der Waals surface area contributed by atoms with Gasteiger partial charge in [0.1, 0.15) is 17.1 Å². The van der Waals surface area contributed by atoms with Crippen LogP contribution in [-0.4, -0.2) is 27.7 Å². The second kappa shape index (κ2) is 8.39. The minimum atomic E-state index is -0.356. The lowest BCUT2D eigenvalue weighted by Gasteiger charge is -2.17. The van der Waals surface area contributed by atoms with Crippen molar-refractivity contribution in [3.8, 4) is 17.0 Å². The Morgan fingerprint density at radius 2 is 1.87 bits per heavy atom. The molecule has 0 aliphatic rings. The predicted octanol–water partition coefficient (Wildman–Crippen LogP) is 4.43. The fourth-order valence-corrected chi connectivity index (χ4v) is 3.54. The quantitative estimate of drug-likeness (QED) is 0.470. The van der Waals surface area contributed by atoms with Crippen LogP contribution in [0.3, 0.4) is 0 Å². The molecule has 0 saturated heterocycles. The number of carbonyl (C=O) groups is 1. The smallest absolute Gasteiger partial charge is 0.291 e. The lowest BCUT2D eigenvalue weighted by atomic mass is 10.0. The molecular formula is C24H22N4O3. The summed E-state index contributed by atoms with van der Waals surface area (Å²) in [5.74, 6) is 0.443. The van der Waals surface area contributed by atoms with Gasteiger partial charge >= 0.3 is 0 Å². The Morgan fingerprint density at radius 3 is 2.55 bits per heavy atom. The van der Waals surface area contributed by atoms with E-state index in [0.29, 0.717) is 23.7 Å². The number of carbonyl (C=O) groups excluding carboxylic acids is 1. The normalized spacial score (nSPS) is 10.8. The molecule has 1 N–H and O–H groups in total. The van der Waals surface area contributed by atoms with Gasteiger partial charge in [0.2, 0.25) is 0 Å².